The van der Waals surface area contributed by atoms with Gasteiger partial charge in [-0.3, -0.25) is 4.90 Å². The molecule has 0 fully saturated rings. The molecular weight excluding hydrogens is 328 g/mol. The predicted octanol–water partition coefficient (Wildman–Crippen LogP) is 4.89. The van der Waals surface area contributed by atoms with Crippen molar-refractivity contribution in [2.24, 2.45) is 0 Å². The first kappa shape index (κ1) is 17.1. The van der Waals surface area contributed by atoms with Gasteiger partial charge >= 0.3 is 6.03 Å². The van der Waals surface area contributed by atoms with E-state index in [0.717, 1.165) is 21.7 Å². The molecule has 0 saturated carbocycles. The van der Waals surface area contributed by atoms with Gasteiger partial charge in [0.2, 0.25) is 0 Å². The summed E-state index contributed by atoms with van der Waals surface area (Å²) in [6, 6.07) is 27.3. The van der Waals surface area contributed by atoms with Crippen molar-refractivity contribution in [2.45, 2.75) is 18.0 Å². The SMILES string of the molecule is O=C(NCc1ccccc1)N(Cc1ccccc1)c1cccc(S)c1. The highest BCUT2D eigenvalue weighted by atomic mass is 32.1. The molecule has 0 atom stereocenters. The first-order valence-corrected chi connectivity index (χ1v) is 8.59. The highest BCUT2D eigenvalue weighted by Crippen LogP contribution is 2.21. The number of nitrogens with zero attached hydrogens (tertiary/aromatic N) is 1. The maximum absolute atomic E-state index is 12.8. The summed E-state index contributed by atoms with van der Waals surface area (Å²) in [7, 11) is 0. The van der Waals surface area contributed by atoms with Gasteiger partial charge in [0.15, 0.2) is 0 Å². The summed E-state index contributed by atoms with van der Waals surface area (Å²) >= 11 is 4.39. The number of hydrogen-bond donors (Lipinski definition) is 2. The van der Waals surface area contributed by atoms with Crippen LogP contribution in [0.5, 0.6) is 0 Å². The lowest BCUT2D eigenvalue weighted by Gasteiger charge is -2.24. The molecule has 3 rings (SSSR count). The molecule has 0 aliphatic carbocycles. The van der Waals surface area contributed by atoms with E-state index < -0.39 is 0 Å². The maximum Gasteiger partial charge on any atom is 0.322 e. The van der Waals surface area contributed by atoms with Crippen molar-refractivity contribution in [3.8, 4) is 0 Å². The number of nitrogens with one attached hydrogen (secondary N) is 1. The van der Waals surface area contributed by atoms with Crippen LogP contribution in [0.4, 0.5) is 10.5 Å². The Labute approximate surface area is 153 Å². The second-order valence-electron chi connectivity index (χ2n) is 5.74. The summed E-state index contributed by atoms with van der Waals surface area (Å²) in [6.07, 6.45) is 0. The van der Waals surface area contributed by atoms with E-state index >= 15 is 0 Å². The average Bonchev–Trinajstić information content (AvgIpc) is 2.66. The van der Waals surface area contributed by atoms with Crippen molar-refractivity contribution >= 4 is 24.3 Å². The van der Waals surface area contributed by atoms with Crippen LogP contribution in [0.2, 0.25) is 0 Å². The van der Waals surface area contributed by atoms with Gasteiger partial charge in [-0.25, -0.2) is 4.79 Å². The van der Waals surface area contributed by atoms with Crippen LogP contribution in [0, 0.1) is 0 Å². The van der Waals surface area contributed by atoms with Gasteiger partial charge in [0.05, 0.1) is 6.54 Å². The van der Waals surface area contributed by atoms with Crippen LogP contribution < -0.4 is 10.2 Å². The standard InChI is InChI=1S/C21H20N2OS/c24-21(22-15-17-8-3-1-4-9-17)23(16-18-10-5-2-6-11-18)19-12-7-13-20(25)14-19/h1-14,25H,15-16H2,(H,22,24). The second-order valence-corrected chi connectivity index (χ2v) is 6.25. The van der Waals surface area contributed by atoms with Crippen molar-refractivity contribution in [1.82, 2.24) is 5.32 Å². The van der Waals surface area contributed by atoms with Crippen LogP contribution in [0.3, 0.4) is 0 Å². The summed E-state index contributed by atoms with van der Waals surface area (Å²) < 4.78 is 0. The van der Waals surface area contributed by atoms with Crippen LogP contribution in [-0.4, -0.2) is 6.03 Å². The van der Waals surface area contributed by atoms with E-state index in [1.54, 1.807) is 4.90 Å². The molecule has 0 aliphatic heterocycles. The third kappa shape index (κ3) is 4.88. The minimum Gasteiger partial charge on any atom is -0.334 e. The Morgan fingerprint density at radius 2 is 1.48 bits per heavy atom. The number of benzene rings is 3. The van der Waals surface area contributed by atoms with E-state index in [0.29, 0.717) is 13.1 Å². The molecule has 25 heavy (non-hydrogen) atoms. The largest absolute Gasteiger partial charge is 0.334 e. The molecule has 0 aromatic heterocycles. The molecule has 1 N–H and O–H groups in total. The third-order valence-electron chi connectivity index (χ3n) is 3.86. The molecule has 0 radical (unpaired) electrons. The zero-order valence-corrected chi connectivity index (χ0v) is 14.7. The number of rotatable bonds is 5. The fourth-order valence-corrected chi connectivity index (χ4v) is 2.79. The van der Waals surface area contributed by atoms with E-state index in [9.17, 15) is 4.79 Å². The first-order chi connectivity index (χ1) is 12.2. The molecule has 3 aromatic rings. The third-order valence-corrected chi connectivity index (χ3v) is 4.13. The zero-order valence-electron chi connectivity index (χ0n) is 13.8. The number of carbonyl (C=O) groups is 1. The molecule has 0 aliphatic rings. The van der Waals surface area contributed by atoms with Crippen LogP contribution in [0.25, 0.3) is 0 Å². The maximum atomic E-state index is 12.8. The summed E-state index contributed by atoms with van der Waals surface area (Å²) in [6.45, 7) is 0.990. The quantitative estimate of drug-likeness (QED) is 0.632. The summed E-state index contributed by atoms with van der Waals surface area (Å²) in [5, 5.41) is 3.00. The number of anilines is 1. The number of thiol groups is 1. The minimum absolute atomic E-state index is 0.133. The molecule has 0 spiro atoms. The van der Waals surface area contributed by atoms with E-state index in [1.807, 2.05) is 84.9 Å². The van der Waals surface area contributed by atoms with Gasteiger partial charge < -0.3 is 5.32 Å². The topological polar surface area (TPSA) is 32.3 Å². The average molecular weight is 348 g/mol. The van der Waals surface area contributed by atoms with Crippen LogP contribution in [-0.2, 0) is 13.1 Å². The summed E-state index contributed by atoms with van der Waals surface area (Å²) in [5.74, 6) is 0. The smallest absolute Gasteiger partial charge is 0.322 e. The van der Waals surface area contributed by atoms with Crippen LogP contribution in [0.1, 0.15) is 11.1 Å². The molecule has 126 valence electrons. The fourth-order valence-electron chi connectivity index (χ4n) is 2.58. The highest BCUT2D eigenvalue weighted by Gasteiger charge is 2.16. The van der Waals surface area contributed by atoms with Crippen molar-refractivity contribution in [2.75, 3.05) is 4.90 Å². The van der Waals surface area contributed by atoms with Crippen LogP contribution >= 0.6 is 12.6 Å². The first-order valence-electron chi connectivity index (χ1n) is 8.14. The molecule has 4 heteroatoms. The Morgan fingerprint density at radius 1 is 0.840 bits per heavy atom. The Kier molecular flexibility index (Phi) is 5.75. The van der Waals surface area contributed by atoms with Gasteiger partial charge in [0.25, 0.3) is 0 Å². The lowest BCUT2D eigenvalue weighted by atomic mass is 10.2. The molecule has 0 unspecified atom stereocenters. The number of hydrogen-bond acceptors (Lipinski definition) is 2. The molecule has 0 saturated heterocycles. The van der Waals surface area contributed by atoms with E-state index in [4.69, 9.17) is 0 Å². The predicted molar refractivity (Wildman–Crippen MR) is 105 cm³/mol. The summed E-state index contributed by atoms with van der Waals surface area (Å²) in [5.41, 5.74) is 2.96. The van der Waals surface area contributed by atoms with Crippen LogP contribution in [0.15, 0.2) is 89.8 Å². The molecular formula is C21H20N2OS. The molecule has 2 amide bonds. The number of urea groups is 1. The lowest BCUT2D eigenvalue weighted by molar-refractivity contribution is 0.245. The number of amides is 2. The van der Waals surface area contributed by atoms with E-state index in [2.05, 4.69) is 17.9 Å². The monoisotopic (exact) mass is 348 g/mol. The molecule has 3 aromatic carbocycles. The Balaban J connectivity index is 1.78. The fraction of sp³-hybridized carbons (Fsp3) is 0.0952. The zero-order chi connectivity index (χ0) is 17.5. The normalized spacial score (nSPS) is 10.3. The van der Waals surface area contributed by atoms with E-state index in [-0.39, 0.29) is 6.03 Å². The van der Waals surface area contributed by atoms with Gasteiger partial charge in [-0.1, -0.05) is 66.7 Å². The van der Waals surface area contributed by atoms with Crippen molar-refractivity contribution in [3.05, 3.63) is 96.1 Å². The van der Waals surface area contributed by atoms with Gasteiger partial charge in [-0.15, -0.1) is 12.6 Å². The highest BCUT2D eigenvalue weighted by molar-refractivity contribution is 7.80. The van der Waals surface area contributed by atoms with Crippen molar-refractivity contribution in [1.29, 1.82) is 0 Å². The Bertz CT molecular complexity index is 822. The molecule has 0 bridgehead atoms. The Morgan fingerprint density at radius 3 is 2.12 bits per heavy atom. The Hall–Kier alpha value is -2.72. The van der Waals surface area contributed by atoms with Crippen molar-refractivity contribution < 1.29 is 4.79 Å². The minimum atomic E-state index is -0.133. The van der Waals surface area contributed by atoms with E-state index in [1.165, 1.54) is 0 Å². The second kappa shape index (κ2) is 8.40. The molecule has 0 heterocycles. The summed E-state index contributed by atoms with van der Waals surface area (Å²) in [4.78, 5) is 15.4. The molecule has 3 nitrogen and oxygen atoms in total. The van der Waals surface area contributed by atoms with Gasteiger partial charge in [0, 0.05) is 17.1 Å². The van der Waals surface area contributed by atoms with Gasteiger partial charge in [0.1, 0.15) is 0 Å². The number of carbonyl (C=O) groups excluding carboxylic acids is 1. The van der Waals surface area contributed by atoms with Gasteiger partial charge in [-0.05, 0) is 29.3 Å². The lowest BCUT2D eigenvalue weighted by Crippen LogP contribution is -2.39. The van der Waals surface area contributed by atoms with Crippen molar-refractivity contribution in [3.63, 3.8) is 0 Å². The van der Waals surface area contributed by atoms with Gasteiger partial charge in [-0.2, -0.15) is 0 Å².